The monoisotopic (exact) mass is 245 g/mol. The number of hydrogen-bond donors (Lipinski definition) is 2. The van der Waals surface area contributed by atoms with Gasteiger partial charge in [0.15, 0.2) is 5.82 Å². The molecule has 2 atom stereocenters. The molecular formula is C9H15N3O3S. The van der Waals surface area contributed by atoms with Crippen LogP contribution in [0.1, 0.15) is 6.92 Å². The molecule has 0 radical (unpaired) electrons. The summed E-state index contributed by atoms with van der Waals surface area (Å²) in [5.41, 5.74) is -0.342. The van der Waals surface area contributed by atoms with E-state index in [1.54, 1.807) is 6.26 Å². The molecule has 0 saturated heterocycles. The van der Waals surface area contributed by atoms with Gasteiger partial charge in [-0.05, 0) is 6.92 Å². The summed E-state index contributed by atoms with van der Waals surface area (Å²) in [4.78, 5) is 17.7. The maximum Gasteiger partial charge on any atom is 0.295 e. The molecule has 0 aliphatic heterocycles. The quantitative estimate of drug-likeness (QED) is 0.760. The van der Waals surface area contributed by atoms with Gasteiger partial charge in [0.05, 0.1) is 13.4 Å². The number of hydrogen-bond acceptors (Lipinski definition) is 5. The molecule has 1 rings (SSSR count). The first kappa shape index (κ1) is 12.7. The number of methoxy groups -OCH3 is 1. The highest BCUT2D eigenvalue weighted by atomic mass is 32.2. The third-order valence-electron chi connectivity index (χ3n) is 2.14. The van der Waals surface area contributed by atoms with Crippen LogP contribution in [0.15, 0.2) is 11.1 Å². The van der Waals surface area contributed by atoms with Gasteiger partial charge in [-0.3, -0.25) is 9.00 Å². The van der Waals surface area contributed by atoms with Gasteiger partial charge < -0.3 is 15.0 Å². The Kier molecular flexibility index (Phi) is 4.48. The average molecular weight is 245 g/mol. The SMILES string of the molecule is COc1c(NCC(C)S(C)=O)nc[nH]c1=O. The third-order valence-corrected chi connectivity index (χ3v) is 3.44. The summed E-state index contributed by atoms with van der Waals surface area (Å²) < 4.78 is 16.1. The van der Waals surface area contributed by atoms with Gasteiger partial charge >= 0.3 is 0 Å². The Labute approximate surface area is 95.9 Å². The van der Waals surface area contributed by atoms with Crippen molar-refractivity contribution in [2.24, 2.45) is 0 Å². The van der Waals surface area contributed by atoms with Gasteiger partial charge in [0.2, 0.25) is 5.75 Å². The van der Waals surface area contributed by atoms with Crippen LogP contribution in [0.3, 0.4) is 0 Å². The number of rotatable bonds is 5. The van der Waals surface area contributed by atoms with Gasteiger partial charge in [0, 0.05) is 28.9 Å². The van der Waals surface area contributed by atoms with E-state index in [1.165, 1.54) is 13.4 Å². The Hall–Kier alpha value is -1.37. The predicted molar refractivity (Wildman–Crippen MR) is 63.4 cm³/mol. The number of H-pyrrole nitrogens is 1. The second kappa shape index (κ2) is 5.64. The fourth-order valence-corrected chi connectivity index (χ4v) is 1.38. The molecule has 0 amide bonds. The first-order valence-electron chi connectivity index (χ1n) is 4.74. The third kappa shape index (κ3) is 3.06. The van der Waals surface area contributed by atoms with Crippen LogP contribution >= 0.6 is 0 Å². The van der Waals surface area contributed by atoms with E-state index >= 15 is 0 Å². The van der Waals surface area contributed by atoms with Gasteiger partial charge in [0.1, 0.15) is 0 Å². The highest BCUT2D eigenvalue weighted by Gasteiger charge is 2.11. The van der Waals surface area contributed by atoms with Crippen LogP contribution in [-0.4, -0.2) is 39.3 Å². The predicted octanol–water partition coefficient (Wildman–Crippen LogP) is -0.0426. The molecule has 0 spiro atoms. The molecule has 0 bridgehead atoms. The van der Waals surface area contributed by atoms with Crippen LogP contribution < -0.4 is 15.6 Å². The molecule has 2 N–H and O–H groups in total. The standard InChI is InChI=1S/C9H15N3O3S/c1-6(16(3)14)4-10-8-7(15-2)9(13)12-5-11-8/h5-6H,4H2,1-3H3,(H2,10,11,12,13). The van der Waals surface area contributed by atoms with E-state index in [2.05, 4.69) is 15.3 Å². The molecule has 0 aliphatic carbocycles. The normalized spacial score (nSPS) is 14.2. The van der Waals surface area contributed by atoms with E-state index in [1.807, 2.05) is 6.92 Å². The highest BCUT2D eigenvalue weighted by Crippen LogP contribution is 2.14. The molecule has 0 fully saturated rings. The van der Waals surface area contributed by atoms with E-state index < -0.39 is 10.8 Å². The van der Waals surface area contributed by atoms with Crippen LogP contribution in [-0.2, 0) is 10.8 Å². The number of nitrogens with one attached hydrogen (secondary N) is 2. The van der Waals surface area contributed by atoms with Gasteiger partial charge in [-0.25, -0.2) is 4.98 Å². The Balaban J connectivity index is 2.78. The topological polar surface area (TPSA) is 84.1 Å². The lowest BCUT2D eigenvalue weighted by molar-refractivity contribution is 0.408. The lowest BCUT2D eigenvalue weighted by Crippen LogP contribution is -2.23. The second-order valence-electron chi connectivity index (χ2n) is 3.30. The summed E-state index contributed by atoms with van der Waals surface area (Å²) in [6, 6.07) is 0. The molecule has 0 saturated carbocycles. The Morgan fingerprint density at radius 1 is 1.69 bits per heavy atom. The summed E-state index contributed by atoms with van der Waals surface area (Å²) in [5.74, 6) is 0.500. The largest absolute Gasteiger partial charge is 0.489 e. The van der Waals surface area contributed by atoms with Crippen molar-refractivity contribution in [2.45, 2.75) is 12.2 Å². The molecule has 6 nitrogen and oxygen atoms in total. The van der Waals surface area contributed by atoms with E-state index in [0.717, 1.165) is 0 Å². The molecule has 0 aliphatic rings. The summed E-state index contributed by atoms with van der Waals surface area (Å²) >= 11 is 0. The maximum absolute atomic E-state index is 11.3. The summed E-state index contributed by atoms with van der Waals surface area (Å²) in [6.45, 7) is 2.32. The van der Waals surface area contributed by atoms with Gasteiger partial charge in [-0.2, -0.15) is 0 Å². The maximum atomic E-state index is 11.3. The van der Waals surface area contributed by atoms with Gasteiger partial charge in [-0.1, -0.05) is 0 Å². The molecule has 1 aromatic heterocycles. The van der Waals surface area contributed by atoms with Gasteiger partial charge in [-0.15, -0.1) is 0 Å². The molecule has 1 aromatic rings. The van der Waals surface area contributed by atoms with E-state index in [-0.39, 0.29) is 16.6 Å². The van der Waals surface area contributed by atoms with Crippen LogP contribution in [0.4, 0.5) is 5.82 Å². The molecule has 16 heavy (non-hydrogen) atoms. The van der Waals surface area contributed by atoms with Crippen LogP contribution in [0.2, 0.25) is 0 Å². The number of nitrogens with zero attached hydrogens (tertiary/aromatic N) is 1. The first-order valence-corrected chi connectivity index (χ1v) is 6.36. The minimum Gasteiger partial charge on any atom is -0.489 e. The molecule has 0 aromatic carbocycles. The van der Waals surface area contributed by atoms with Crippen molar-refractivity contribution in [3.05, 3.63) is 16.7 Å². The van der Waals surface area contributed by atoms with Crippen molar-refractivity contribution >= 4 is 16.6 Å². The van der Waals surface area contributed by atoms with Crippen molar-refractivity contribution in [1.29, 1.82) is 0 Å². The Morgan fingerprint density at radius 3 is 2.94 bits per heavy atom. The molecule has 7 heteroatoms. The minimum atomic E-state index is -0.915. The number of aromatic amines is 1. The molecular weight excluding hydrogens is 230 g/mol. The zero-order chi connectivity index (χ0) is 12.1. The van der Waals surface area contributed by atoms with E-state index in [4.69, 9.17) is 4.74 Å². The lowest BCUT2D eigenvalue weighted by Gasteiger charge is -2.11. The van der Waals surface area contributed by atoms with Crippen LogP contribution in [0.5, 0.6) is 5.75 Å². The van der Waals surface area contributed by atoms with Crippen molar-refractivity contribution < 1.29 is 8.95 Å². The molecule has 1 heterocycles. The summed E-state index contributed by atoms with van der Waals surface area (Å²) in [7, 11) is 0.487. The van der Waals surface area contributed by atoms with Gasteiger partial charge in [0.25, 0.3) is 5.56 Å². The Morgan fingerprint density at radius 2 is 2.38 bits per heavy atom. The van der Waals surface area contributed by atoms with Crippen molar-refractivity contribution in [1.82, 2.24) is 9.97 Å². The van der Waals surface area contributed by atoms with Crippen LogP contribution in [0, 0.1) is 0 Å². The van der Waals surface area contributed by atoms with Crippen molar-refractivity contribution in [3.8, 4) is 5.75 Å². The molecule has 90 valence electrons. The molecule has 2 unspecified atom stereocenters. The summed E-state index contributed by atoms with van der Waals surface area (Å²) in [5, 5.41) is 2.91. The zero-order valence-electron chi connectivity index (χ0n) is 9.44. The average Bonchev–Trinajstić information content (AvgIpc) is 2.25. The van der Waals surface area contributed by atoms with Crippen molar-refractivity contribution in [3.63, 3.8) is 0 Å². The van der Waals surface area contributed by atoms with Crippen LogP contribution in [0.25, 0.3) is 0 Å². The fraction of sp³-hybridized carbons (Fsp3) is 0.556. The zero-order valence-corrected chi connectivity index (χ0v) is 10.3. The van der Waals surface area contributed by atoms with Crippen molar-refractivity contribution in [2.75, 3.05) is 25.2 Å². The van der Waals surface area contributed by atoms with E-state index in [9.17, 15) is 9.00 Å². The second-order valence-corrected chi connectivity index (χ2v) is 5.11. The minimum absolute atomic E-state index is 0.0224. The first-order chi connectivity index (χ1) is 7.56. The van der Waals surface area contributed by atoms with E-state index in [0.29, 0.717) is 12.4 Å². The highest BCUT2D eigenvalue weighted by molar-refractivity contribution is 7.84. The number of anilines is 1. The Bertz CT molecular complexity index is 432. The lowest BCUT2D eigenvalue weighted by atomic mass is 10.4. The fourth-order valence-electron chi connectivity index (χ4n) is 1.06. The summed E-state index contributed by atoms with van der Waals surface area (Å²) in [6.07, 6.45) is 2.93. The smallest absolute Gasteiger partial charge is 0.295 e. The number of ether oxygens (including phenoxy) is 1. The number of aromatic nitrogens is 2.